The van der Waals surface area contributed by atoms with Crippen LogP contribution in [-0.2, 0) is 14.9 Å². The molecule has 0 fully saturated rings. The second-order valence-corrected chi connectivity index (χ2v) is 6.24. The SMILES string of the molecule is CC(=O)NC(N)(CS(=O)(=O)O)N1CC=CC=C1N(C)C. The molecule has 9 heteroatoms. The molecule has 0 bridgehead atoms. The lowest BCUT2D eigenvalue weighted by Gasteiger charge is -2.45. The van der Waals surface area contributed by atoms with Crippen LogP contribution in [-0.4, -0.2) is 60.9 Å². The summed E-state index contributed by atoms with van der Waals surface area (Å²) in [5, 5.41) is 2.39. The number of nitrogens with two attached hydrogens (primary N) is 1. The molecule has 1 amide bonds. The van der Waals surface area contributed by atoms with Gasteiger partial charge in [0.2, 0.25) is 5.91 Å². The minimum Gasteiger partial charge on any atom is -0.364 e. The third-order valence-corrected chi connectivity index (χ3v) is 3.49. The zero-order valence-corrected chi connectivity index (χ0v) is 12.5. The first-order valence-electron chi connectivity index (χ1n) is 5.90. The van der Waals surface area contributed by atoms with E-state index in [0.29, 0.717) is 12.4 Å². The lowest BCUT2D eigenvalue weighted by Crippen LogP contribution is -2.70. The van der Waals surface area contributed by atoms with Gasteiger partial charge >= 0.3 is 0 Å². The molecule has 4 N–H and O–H groups in total. The number of carbonyl (C=O) groups excluding carboxylic acids is 1. The smallest absolute Gasteiger partial charge is 0.270 e. The average Bonchev–Trinajstić information content (AvgIpc) is 2.25. The van der Waals surface area contributed by atoms with Gasteiger partial charge in [-0.2, -0.15) is 8.42 Å². The van der Waals surface area contributed by atoms with Crippen LogP contribution in [0.15, 0.2) is 24.0 Å². The van der Waals surface area contributed by atoms with E-state index in [1.807, 2.05) is 0 Å². The molecular formula is C11H20N4O4S. The molecule has 0 saturated carbocycles. The fourth-order valence-electron chi connectivity index (χ4n) is 2.03. The van der Waals surface area contributed by atoms with Gasteiger partial charge in [0.1, 0.15) is 11.6 Å². The third-order valence-electron chi connectivity index (χ3n) is 2.68. The number of carbonyl (C=O) groups is 1. The van der Waals surface area contributed by atoms with E-state index in [9.17, 15) is 13.2 Å². The van der Waals surface area contributed by atoms with E-state index in [2.05, 4.69) is 5.32 Å². The molecule has 20 heavy (non-hydrogen) atoms. The number of allylic oxidation sites excluding steroid dienone is 2. The molecule has 0 aromatic heterocycles. The van der Waals surface area contributed by atoms with Gasteiger partial charge in [0.05, 0.1) is 0 Å². The van der Waals surface area contributed by atoms with Crippen LogP contribution in [0.25, 0.3) is 0 Å². The van der Waals surface area contributed by atoms with Gasteiger partial charge in [0.25, 0.3) is 10.1 Å². The second-order valence-electron chi connectivity index (χ2n) is 4.79. The molecule has 1 aliphatic rings. The number of amides is 1. The van der Waals surface area contributed by atoms with E-state index >= 15 is 0 Å². The molecule has 0 spiro atoms. The zero-order valence-electron chi connectivity index (χ0n) is 11.7. The van der Waals surface area contributed by atoms with Crippen molar-refractivity contribution in [1.82, 2.24) is 15.1 Å². The van der Waals surface area contributed by atoms with Crippen LogP contribution in [0.4, 0.5) is 0 Å². The van der Waals surface area contributed by atoms with Gasteiger partial charge in [0, 0.05) is 27.6 Å². The topological polar surface area (TPSA) is 116 Å². The van der Waals surface area contributed by atoms with Gasteiger partial charge < -0.3 is 15.1 Å². The van der Waals surface area contributed by atoms with Gasteiger partial charge in [-0.15, -0.1) is 0 Å². The maximum atomic E-state index is 11.3. The molecule has 8 nitrogen and oxygen atoms in total. The predicted octanol–water partition coefficient (Wildman–Crippen LogP) is -1.10. The predicted molar refractivity (Wildman–Crippen MR) is 74.8 cm³/mol. The van der Waals surface area contributed by atoms with E-state index < -0.39 is 27.6 Å². The summed E-state index contributed by atoms with van der Waals surface area (Å²) >= 11 is 0. The molecule has 1 unspecified atom stereocenters. The van der Waals surface area contributed by atoms with Crippen LogP contribution in [0.2, 0.25) is 0 Å². The van der Waals surface area contributed by atoms with Crippen LogP contribution < -0.4 is 11.1 Å². The summed E-state index contributed by atoms with van der Waals surface area (Å²) in [4.78, 5) is 14.6. The van der Waals surface area contributed by atoms with Gasteiger partial charge in [-0.3, -0.25) is 15.1 Å². The Hall–Kier alpha value is -1.58. The number of nitrogens with zero attached hydrogens (tertiary/aromatic N) is 2. The normalized spacial score (nSPS) is 18.2. The van der Waals surface area contributed by atoms with E-state index in [1.165, 1.54) is 11.8 Å². The minimum atomic E-state index is -4.38. The van der Waals surface area contributed by atoms with Crippen LogP contribution in [0, 0.1) is 0 Å². The summed E-state index contributed by atoms with van der Waals surface area (Å²) < 4.78 is 31.5. The number of hydrogen-bond donors (Lipinski definition) is 3. The molecule has 114 valence electrons. The molecule has 0 aliphatic carbocycles. The Kier molecular flexibility index (Phi) is 4.79. The molecular weight excluding hydrogens is 284 g/mol. The summed E-state index contributed by atoms with van der Waals surface area (Å²) in [6, 6.07) is 0. The van der Waals surface area contributed by atoms with E-state index in [-0.39, 0.29) is 0 Å². The van der Waals surface area contributed by atoms with Gasteiger partial charge in [-0.1, -0.05) is 12.2 Å². The van der Waals surface area contributed by atoms with Crippen molar-refractivity contribution < 1.29 is 17.8 Å². The highest BCUT2D eigenvalue weighted by molar-refractivity contribution is 7.85. The van der Waals surface area contributed by atoms with Crippen molar-refractivity contribution in [2.45, 2.75) is 12.7 Å². The van der Waals surface area contributed by atoms with E-state index in [4.69, 9.17) is 10.3 Å². The van der Waals surface area contributed by atoms with Crippen molar-refractivity contribution in [3.63, 3.8) is 0 Å². The third kappa shape index (κ3) is 4.22. The maximum absolute atomic E-state index is 11.3. The molecule has 0 radical (unpaired) electrons. The van der Waals surface area contributed by atoms with Crippen LogP contribution >= 0.6 is 0 Å². The van der Waals surface area contributed by atoms with Crippen LogP contribution in [0.5, 0.6) is 0 Å². The molecule has 0 aromatic carbocycles. The first-order chi connectivity index (χ1) is 9.05. The Morgan fingerprint density at radius 1 is 1.60 bits per heavy atom. The van der Waals surface area contributed by atoms with Crippen molar-refractivity contribution in [2.24, 2.45) is 5.73 Å². The first-order valence-corrected chi connectivity index (χ1v) is 7.51. The number of nitrogens with one attached hydrogen (secondary N) is 1. The highest BCUT2D eigenvalue weighted by Crippen LogP contribution is 2.20. The number of hydrogen-bond acceptors (Lipinski definition) is 6. The van der Waals surface area contributed by atoms with Crippen molar-refractivity contribution in [3.8, 4) is 0 Å². The highest BCUT2D eigenvalue weighted by atomic mass is 32.2. The van der Waals surface area contributed by atoms with E-state index in [0.717, 1.165) is 0 Å². The first kappa shape index (κ1) is 16.5. The fourth-order valence-corrected chi connectivity index (χ4v) is 2.81. The van der Waals surface area contributed by atoms with Gasteiger partial charge in [0.15, 0.2) is 5.79 Å². The average molecular weight is 304 g/mol. The Morgan fingerprint density at radius 2 is 2.20 bits per heavy atom. The largest absolute Gasteiger partial charge is 0.364 e. The second kappa shape index (κ2) is 5.81. The van der Waals surface area contributed by atoms with Crippen molar-refractivity contribution in [3.05, 3.63) is 24.0 Å². The molecule has 0 aromatic rings. The summed E-state index contributed by atoms with van der Waals surface area (Å²) in [6.07, 6.45) is 5.30. The molecule has 1 heterocycles. The quantitative estimate of drug-likeness (QED) is 0.436. The van der Waals surface area contributed by atoms with Crippen molar-refractivity contribution >= 4 is 16.0 Å². The Bertz CT molecular complexity index is 541. The molecule has 1 aliphatic heterocycles. The van der Waals surface area contributed by atoms with Crippen LogP contribution in [0.1, 0.15) is 6.92 Å². The Balaban J connectivity index is 3.19. The van der Waals surface area contributed by atoms with Crippen LogP contribution in [0.3, 0.4) is 0 Å². The number of rotatable bonds is 5. The van der Waals surface area contributed by atoms with Crippen molar-refractivity contribution in [2.75, 3.05) is 26.4 Å². The van der Waals surface area contributed by atoms with Gasteiger partial charge in [-0.05, 0) is 6.08 Å². The molecule has 1 rings (SSSR count). The van der Waals surface area contributed by atoms with Gasteiger partial charge in [-0.25, -0.2) is 0 Å². The van der Waals surface area contributed by atoms with Crippen molar-refractivity contribution in [1.29, 1.82) is 0 Å². The summed E-state index contributed by atoms with van der Waals surface area (Å²) in [7, 11) is -0.850. The summed E-state index contributed by atoms with van der Waals surface area (Å²) in [6.45, 7) is 1.53. The Labute approximate surface area is 118 Å². The monoisotopic (exact) mass is 304 g/mol. The summed E-state index contributed by atoms with van der Waals surface area (Å²) in [5.41, 5.74) is 6.04. The Morgan fingerprint density at radius 3 is 2.65 bits per heavy atom. The highest BCUT2D eigenvalue weighted by Gasteiger charge is 2.39. The fraction of sp³-hybridized carbons (Fsp3) is 0.545. The lowest BCUT2D eigenvalue weighted by atomic mass is 10.2. The van der Waals surface area contributed by atoms with E-state index in [1.54, 1.807) is 37.2 Å². The summed E-state index contributed by atoms with van der Waals surface area (Å²) in [5.74, 6) is -2.44. The maximum Gasteiger partial charge on any atom is 0.270 e. The zero-order chi connectivity index (χ0) is 15.6. The minimum absolute atomic E-state index is 0.302. The molecule has 1 atom stereocenters. The molecule has 0 saturated heterocycles. The lowest BCUT2D eigenvalue weighted by molar-refractivity contribution is -0.122. The standard InChI is InChI=1S/C11H20N4O4S/c1-9(16)13-11(12,8-20(17,18)19)15-7-5-4-6-10(15)14(2)3/h4-6H,7-8,12H2,1-3H3,(H,13,16)(H,17,18,19).